The molecule has 0 radical (unpaired) electrons. The number of carbonyl (C=O) groups excluding carboxylic acids is 1. The van der Waals surface area contributed by atoms with Crippen molar-refractivity contribution in [3.63, 3.8) is 0 Å². The van der Waals surface area contributed by atoms with Gasteiger partial charge in [0.25, 0.3) is 0 Å². The summed E-state index contributed by atoms with van der Waals surface area (Å²) < 4.78 is 4.62. The first-order chi connectivity index (χ1) is 8.06. The molecule has 1 aromatic rings. The van der Waals surface area contributed by atoms with Gasteiger partial charge in [-0.05, 0) is 24.6 Å². The molecule has 0 fully saturated rings. The lowest BCUT2D eigenvalue weighted by atomic mass is 10.2. The lowest BCUT2D eigenvalue weighted by Gasteiger charge is -2.11. The zero-order valence-corrected chi connectivity index (χ0v) is 11.0. The first-order valence-electron chi connectivity index (χ1n) is 5.31. The Balaban J connectivity index is 2.75. The quantitative estimate of drug-likeness (QED) is 0.608. The number of aryl methyl sites for hydroxylation is 1. The predicted octanol–water partition coefficient (Wildman–Crippen LogP) is 2.91. The van der Waals surface area contributed by atoms with E-state index >= 15 is 0 Å². The zero-order chi connectivity index (χ0) is 12.8. The number of hydrogen-bond donors (Lipinski definition) is 0. The van der Waals surface area contributed by atoms with E-state index < -0.39 is 0 Å². The van der Waals surface area contributed by atoms with Gasteiger partial charge in [0.2, 0.25) is 0 Å². The summed E-state index contributed by atoms with van der Waals surface area (Å²) in [6, 6.07) is 7.92. The second kappa shape index (κ2) is 6.31. The summed E-state index contributed by atoms with van der Waals surface area (Å²) in [6.45, 7) is 3.90. The molecule has 0 heterocycles. The van der Waals surface area contributed by atoms with Crippen LogP contribution in [0.2, 0.25) is 0 Å². The molecular formula is C13H15NO2S. The standard InChI is InChI=1S/C13H15NO2S/c1-9-4-5-12(11(6-9)8-14)17-10(2)7-13(15)16-3/h4-6,10H,7H2,1-3H3. The highest BCUT2D eigenvalue weighted by atomic mass is 32.2. The summed E-state index contributed by atoms with van der Waals surface area (Å²) in [5.74, 6) is -0.226. The number of carbonyl (C=O) groups is 1. The lowest BCUT2D eigenvalue weighted by Crippen LogP contribution is -2.08. The van der Waals surface area contributed by atoms with Crippen LogP contribution in [0, 0.1) is 18.3 Å². The summed E-state index contributed by atoms with van der Waals surface area (Å²) in [6.07, 6.45) is 0.347. The molecule has 0 aliphatic carbocycles. The van der Waals surface area contributed by atoms with Gasteiger partial charge in [-0.2, -0.15) is 5.26 Å². The fourth-order valence-corrected chi connectivity index (χ4v) is 2.44. The summed E-state index contributed by atoms with van der Waals surface area (Å²) >= 11 is 1.52. The van der Waals surface area contributed by atoms with E-state index in [-0.39, 0.29) is 11.2 Å². The maximum Gasteiger partial charge on any atom is 0.306 e. The van der Waals surface area contributed by atoms with Crippen LogP contribution >= 0.6 is 11.8 Å². The van der Waals surface area contributed by atoms with Crippen molar-refractivity contribution < 1.29 is 9.53 Å². The third-order valence-corrected chi connectivity index (χ3v) is 3.44. The number of ether oxygens (including phenoxy) is 1. The number of nitrogens with zero attached hydrogens (tertiary/aromatic N) is 1. The maximum atomic E-state index is 11.1. The summed E-state index contributed by atoms with van der Waals surface area (Å²) in [5, 5.41) is 9.12. The Labute approximate surface area is 106 Å². The Morgan fingerprint density at radius 2 is 2.29 bits per heavy atom. The van der Waals surface area contributed by atoms with E-state index in [1.807, 2.05) is 32.0 Å². The maximum absolute atomic E-state index is 11.1. The lowest BCUT2D eigenvalue weighted by molar-refractivity contribution is -0.140. The van der Waals surface area contributed by atoms with Crippen LogP contribution in [0.1, 0.15) is 24.5 Å². The van der Waals surface area contributed by atoms with E-state index in [4.69, 9.17) is 5.26 Å². The number of benzene rings is 1. The Morgan fingerprint density at radius 3 is 2.88 bits per heavy atom. The highest BCUT2D eigenvalue weighted by Gasteiger charge is 2.12. The first kappa shape index (κ1) is 13.6. The fraction of sp³-hybridized carbons (Fsp3) is 0.385. The number of esters is 1. The summed E-state index contributed by atoms with van der Waals surface area (Å²) in [5.41, 5.74) is 1.72. The molecule has 90 valence electrons. The van der Waals surface area contributed by atoms with Gasteiger partial charge in [0.05, 0.1) is 19.1 Å². The van der Waals surface area contributed by atoms with Crippen LogP contribution in [-0.4, -0.2) is 18.3 Å². The van der Waals surface area contributed by atoms with Gasteiger partial charge in [0.1, 0.15) is 6.07 Å². The Bertz CT molecular complexity index is 451. The summed E-state index contributed by atoms with van der Waals surface area (Å²) in [4.78, 5) is 12.0. The van der Waals surface area contributed by atoms with Gasteiger partial charge in [-0.3, -0.25) is 4.79 Å². The minimum absolute atomic E-state index is 0.0947. The molecule has 0 bridgehead atoms. The molecule has 17 heavy (non-hydrogen) atoms. The third-order valence-electron chi connectivity index (χ3n) is 2.27. The Hall–Kier alpha value is -1.47. The smallest absolute Gasteiger partial charge is 0.306 e. The van der Waals surface area contributed by atoms with Crippen molar-refractivity contribution in [3.8, 4) is 6.07 Å². The average molecular weight is 249 g/mol. The normalized spacial score (nSPS) is 11.6. The van der Waals surface area contributed by atoms with E-state index in [2.05, 4.69) is 10.8 Å². The monoisotopic (exact) mass is 249 g/mol. The molecule has 0 saturated heterocycles. The molecule has 1 aromatic carbocycles. The molecule has 0 amide bonds. The molecule has 0 N–H and O–H groups in total. The predicted molar refractivity (Wildman–Crippen MR) is 67.8 cm³/mol. The van der Waals surface area contributed by atoms with Crippen LogP contribution in [0.25, 0.3) is 0 Å². The minimum Gasteiger partial charge on any atom is -0.469 e. The molecule has 4 heteroatoms. The van der Waals surface area contributed by atoms with Gasteiger partial charge in [-0.25, -0.2) is 0 Å². The van der Waals surface area contributed by atoms with E-state index in [0.717, 1.165) is 10.5 Å². The summed E-state index contributed by atoms with van der Waals surface area (Å²) in [7, 11) is 1.38. The Kier molecular flexibility index (Phi) is 5.05. The topological polar surface area (TPSA) is 50.1 Å². The van der Waals surface area contributed by atoms with Crippen molar-refractivity contribution in [1.82, 2.24) is 0 Å². The van der Waals surface area contributed by atoms with Gasteiger partial charge in [-0.1, -0.05) is 13.0 Å². The molecule has 0 spiro atoms. The van der Waals surface area contributed by atoms with Gasteiger partial charge in [0.15, 0.2) is 0 Å². The molecule has 0 aromatic heterocycles. The van der Waals surface area contributed by atoms with Crippen molar-refractivity contribution in [1.29, 1.82) is 5.26 Å². The van der Waals surface area contributed by atoms with E-state index in [9.17, 15) is 4.79 Å². The second-order valence-corrected chi connectivity index (χ2v) is 5.30. The fourth-order valence-electron chi connectivity index (χ4n) is 1.41. The number of rotatable bonds is 4. The van der Waals surface area contributed by atoms with Gasteiger partial charge in [-0.15, -0.1) is 11.8 Å². The van der Waals surface area contributed by atoms with Crippen molar-refractivity contribution >= 4 is 17.7 Å². The van der Waals surface area contributed by atoms with Gasteiger partial charge >= 0.3 is 5.97 Å². The number of hydrogen-bond acceptors (Lipinski definition) is 4. The molecule has 0 saturated carbocycles. The largest absolute Gasteiger partial charge is 0.469 e. The molecule has 0 aliphatic heterocycles. The number of thioether (sulfide) groups is 1. The molecule has 1 rings (SSSR count). The van der Waals surface area contributed by atoms with Crippen LogP contribution in [0.15, 0.2) is 23.1 Å². The highest BCUT2D eigenvalue weighted by Crippen LogP contribution is 2.28. The molecular weight excluding hydrogens is 234 g/mol. The third kappa shape index (κ3) is 4.12. The molecule has 3 nitrogen and oxygen atoms in total. The van der Waals surface area contributed by atoms with Gasteiger partial charge in [0, 0.05) is 10.1 Å². The van der Waals surface area contributed by atoms with Crippen molar-refractivity contribution in [3.05, 3.63) is 29.3 Å². The zero-order valence-electron chi connectivity index (χ0n) is 10.2. The van der Waals surface area contributed by atoms with Crippen LogP contribution in [0.5, 0.6) is 0 Å². The van der Waals surface area contributed by atoms with Crippen LogP contribution in [-0.2, 0) is 9.53 Å². The van der Waals surface area contributed by atoms with E-state index in [1.54, 1.807) is 0 Å². The highest BCUT2D eigenvalue weighted by molar-refractivity contribution is 8.00. The van der Waals surface area contributed by atoms with Crippen LogP contribution in [0.3, 0.4) is 0 Å². The van der Waals surface area contributed by atoms with Crippen LogP contribution < -0.4 is 0 Å². The van der Waals surface area contributed by atoms with Crippen molar-refractivity contribution in [2.75, 3.05) is 7.11 Å². The SMILES string of the molecule is COC(=O)CC(C)Sc1ccc(C)cc1C#N. The van der Waals surface area contributed by atoms with Crippen molar-refractivity contribution in [2.24, 2.45) is 0 Å². The van der Waals surface area contributed by atoms with E-state index in [0.29, 0.717) is 12.0 Å². The first-order valence-corrected chi connectivity index (χ1v) is 6.19. The van der Waals surface area contributed by atoms with E-state index in [1.165, 1.54) is 18.9 Å². The number of methoxy groups -OCH3 is 1. The molecule has 1 atom stereocenters. The van der Waals surface area contributed by atoms with Crippen molar-refractivity contribution in [2.45, 2.75) is 30.4 Å². The van der Waals surface area contributed by atoms with Crippen LogP contribution in [0.4, 0.5) is 0 Å². The molecule has 1 unspecified atom stereocenters. The second-order valence-electron chi connectivity index (χ2n) is 3.82. The average Bonchev–Trinajstić information content (AvgIpc) is 2.31. The minimum atomic E-state index is -0.226. The molecule has 0 aliphatic rings. The Morgan fingerprint density at radius 1 is 1.59 bits per heavy atom. The number of nitriles is 1. The van der Waals surface area contributed by atoms with Gasteiger partial charge < -0.3 is 4.74 Å².